The molecule has 0 unspecified atom stereocenters. The van der Waals surface area contributed by atoms with Gasteiger partial charge in [-0.3, -0.25) is 0 Å². The van der Waals surface area contributed by atoms with Crippen molar-refractivity contribution in [2.45, 2.75) is 0 Å². The summed E-state index contributed by atoms with van der Waals surface area (Å²) in [5, 5.41) is 20.2. The zero-order valence-corrected chi connectivity index (χ0v) is 33.9. The molecular formula is C62H38. The van der Waals surface area contributed by atoms with Gasteiger partial charge in [0.05, 0.1) is 0 Å². The van der Waals surface area contributed by atoms with Crippen LogP contribution in [0.1, 0.15) is 0 Å². The largest absolute Gasteiger partial charge is 0.0622 e. The molecule has 0 fully saturated rings. The van der Waals surface area contributed by atoms with Crippen molar-refractivity contribution in [3.05, 3.63) is 231 Å². The third-order valence-electron chi connectivity index (χ3n) is 13.4. The van der Waals surface area contributed by atoms with Crippen LogP contribution in [0.15, 0.2) is 231 Å². The molecule has 0 aliphatic rings. The van der Waals surface area contributed by atoms with E-state index in [1.807, 2.05) is 0 Å². The summed E-state index contributed by atoms with van der Waals surface area (Å²) in [5.41, 5.74) is 9.85. The van der Waals surface area contributed by atoms with E-state index in [-0.39, 0.29) is 0 Å². The van der Waals surface area contributed by atoms with Gasteiger partial charge in [0.15, 0.2) is 0 Å². The number of fused-ring (bicyclic) bond motifs is 12. The van der Waals surface area contributed by atoms with E-state index in [1.54, 1.807) is 0 Å². The Balaban J connectivity index is 1.24. The first kappa shape index (κ1) is 34.8. The molecule has 13 aromatic rings. The second-order valence-electron chi connectivity index (χ2n) is 16.7. The molecule has 0 heteroatoms. The van der Waals surface area contributed by atoms with E-state index in [0.717, 1.165) is 0 Å². The predicted molar refractivity (Wildman–Crippen MR) is 268 cm³/mol. The highest BCUT2D eigenvalue weighted by Gasteiger charge is 2.23. The van der Waals surface area contributed by atoms with Crippen molar-refractivity contribution < 1.29 is 0 Å². The van der Waals surface area contributed by atoms with Crippen LogP contribution in [0.25, 0.3) is 131 Å². The quantitative estimate of drug-likeness (QED) is 0.123. The molecule has 0 aromatic heterocycles. The zero-order chi connectivity index (χ0) is 40.7. The van der Waals surface area contributed by atoms with Gasteiger partial charge in [0.1, 0.15) is 0 Å². The highest BCUT2D eigenvalue weighted by Crippen LogP contribution is 2.51. The van der Waals surface area contributed by atoms with Gasteiger partial charge in [-0.2, -0.15) is 0 Å². The summed E-state index contributed by atoms with van der Waals surface area (Å²) < 4.78 is 0. The average Bonchev–Trinajstić information content (AvgIpc) is 3.35. The van der Waals surface area contributed by atoms with Gasteiger partial charge in [-0.05, 0) is 155 Å². The van der Waals surface area contributed by atoms with E-state index in [2.05, 4.69) is 231 Å². The van der Waals surface area contributed by atoms with E-state index in [0.29, 0.717) is 0 Å². The topological polar surface area (TPSA) is 0 Å². The summed E-state index contributed by atoms with van der Waals surface area (Å²) in [5.74, 6) is 0. The molecule has 0 atom stereocenters. The number of hydrogen-bond donors (Lipinski definition) is 0. The molecular weight excluding hydrogens is 745 g/mol. The maximum absolute atomic E-state index is 2.47. The SMILES string of the molecule is c1ccc(-c2ccc3c(-c4cc5ccc6ccccc6c5c5ccccc45)c4cc(-c5ccccc5)ccc4c(-c4cc5ccc6ccccc6c5c5ccccc45)c3c2)cc1. The van der Waals surface area contributed by atoms with E-state index in [9.17, 15) is 0 Å². The van der Waals surface area contributed by atoms with Gasteiger partial charge in [0.2, 0.25) is 0 Å². The Morgan fingerprint density at radius 2 is 0.532 bits per heavy atom. The molecule has 0 saturated carbocycles. The van der Waals surface area contributed by atoms with Crippen LogP contribution in [0, 0.1) is 0 Å². The minimum absolute atomic E-state index is 1.21. The molecule has 0 radical (unpaired) electrons. The van der Waals surface area contributed by atoms with E-state index in [4.69, 9.17) is 0 Å². The van der Waals surface area contributed by atoms with Crippen LogP contribution in [0.4, 0.5) is 0 Å². The summed E-state index contributed by atoms with van der Waals surface area (Å²) in [7, 11) is 0. The minimum atomic E-state index is 1.21. The third kappa shape index (κ3) is 5.27. The van der Waals surface area contributed by atoms with Crippen molar-refractivity contribution >= 4 is 86.2 Å². The molecule has 0 bridgehead atoms. The first-order chi connectivity index (χ1) is 30.8. The molecule has 13 aromatic carbocycles. The van der Waals surface area contributed by atoms with E-state index < -0.39 is 0 Å². The maximum Gasteiger partial charge on any atom is -0.00197 e. The fraction of sp³-hybridized carbons (Fsp3) is 0. The van der Waals surface area contributed by atoms with Gasteiger partial charge < -0.3 is 0 Å². The van der Waals surface area contributed by atoms with Gasteiger partial charge >= 0.3 is 0 Å². The van der Waals surface area contributed by atoms with Crippen LogP contribution in [0.2, 0.25) is 0 Å². The Bertz CT molecular complexity index is 3690. The molecule has 0 aliphatic carbocycles. The third-order valence-corrected chi connectivity index (χ3v) is 13.4. The van der Waals surface area contributed by atoms with Crippen LogP contribution < -0.4 is 0 Å². The Kier molecular flexibility index (Phi) is 7.71. The highest BCUT2D eigenvalue weighted by molar-refractivity contribution is 6.31. The molecule has 13 rings (SSSR count). The minimum Gasteiger partial charge on any atom is -0.0622 e. The summed E-state index contributed by atoms with van der Waals surface area (Å²) >= 11 is 0. The van der Waals surface area contributed by atoms with Crippen LogP contribution in [-0.4, -0.2) is 0 Å². The van der Waals surface area contributed by atoms with Crippen molar-refractivity contribution in [2.24, 2.45) is 0 Å². The first-order valence-electron chi connectivity index (χ1n) is 21.6. The molecule has 0 saturated heterocycles. The molecule has 0 amide bonds. The first-order valence-corrected chi connectivity index (χ1v) is 21.6. The van der Waals surface area contributed by atoms with Gasteiger partial charge in [0, 0.05) is 0 Å². The lowest BCUT2D eigenvalue weighted by Crippen LogP contribution is -1.95. The Morgan fingerprint density at radius 3 is 0.968 bits per heavy atom. The second-order valence-corrected chi connectivity index (χ2v) is 16.7. The summed E-state index contributed by atoms with van der Waals surface area (Å²) in [6, 6.07) is 85.9. The molecule has 62 heavy (non-hydrogen) atoms. The van der Waals surface area contributed by atoms with E-state index in [1.165, 1.54) is 131 Å². The molecule has 0 aliphatic heterocycles. The lowest BCUT2D eigenvalue weighted by Gasteiger charge is -2.22. The maximum atomic E-state index is 2.47. The number of rotatable bonds is 4. The van der Waals surface area contributed by atoms with Crippen LogP contribution in [-0.2, 0) is 0 Å². The monoisotopic (exact) mass is 782 g/mol. The lowest BCUT2D eigenvalue weighted by atomic mass is 9.80. The Morgan fingerprint density at radius 1 is 0.177 bits per heavy atom. The standard InChI is InChI=1S/C62H38/c1-3-15-39(16-4-1)43-31-33-53-57(35-43)61(55-37-45-29-27-41-19-7-9-21-47(41)59(45)51-25-13-11-23-49(51)55)54-34-32-44(40-17-5-2-6-18-40)36-58(54)62(53)56-38-46-30-28-42-20-8-10-22-48(42)60(46)52-26-14-12-24-50(52)56/h1-38H. The van der Waals surface area contributed by atoms with Crippen molar-refractivity contribution in [2.75, 3.05) is 0 Å². The predicted octanol–water partition coefficient (Wildman–Crippen LogP) is 17.6. The molecule has 0 spiro atoms. The summed E-state index contributed by atoms with van der Waals surface area (Å²) in [6.07, 6.45) is 0. The van der Waals surface area contributed by atoms with Crippen molar-refractivity contribution in [3.63, 3.8) is 0 Å². The fourth-order valence-corrected chi connectivity index (χ4v) is 10.6. The smallest absolute Gasteiger partial charge is 0.00197 e. The molecule has 0 nitrogen and oxygen atoms in total. The Labute approximate surface area is 359 Å². The Hall–Kier alpha value is -8.06. The summed E-state index contributed by atoms with van der Waals surface area (Å²) in [4.78, 5) is 0. The normalized spacial score (nSPS) is 11.9. The van der Waals surface area contributed by atoms with Crippen molar-refractivity contribution in [1.82, 2.24) is 0 Å². The molecule has 0 N–H and O–H groups in total. The lowest BCUT2D eigenvalue weighted by molar-refractivity contribution is 1.63. The average molecular weight is 783 g/mol. The second kappa shape index (κ2) is 13.7. The fourth-order valence-electron chi connectivity index (χ4n) is 10.6. The van der Waals surface area contributed by atoms with Crippen molar-refractivity contribution in [1.29, 1.82) is 0 Å². The van der Waals surface area contributed by atoms with Crippen LogP contribution in [0.5, 0.6) is 0 Å². The van der Waals surface area contributed by atoms with Gasteiger partial charge in [-0.1, -0.05) is 206 Å². The van der Waals surface area contributed by atoms with Gasteiger partial charge in [-0.15, -0.1) is 0 Å². The van der Waals surface area contributed by atoms with Gasteiger partial charge in [0.25, 0.3) is 0 Å². The molecule has 0 heterocycles. The van der Waals surface area contributed by atoms with Crippen LogP contribution >= 0.6 is 0 Å². The van der Waals surface area contributed by atoms with E-state index >= 15 is 0 Å². The van der Waals surface area contributed by atoms with Gasteiger partial charge in [-0.25, -0.2) is 0 Å². The zero-order valence-electron chi connectivity index (χ0n) is 33.9. The number of benzene rings is 13. The summed E-state index contributed by atoms with van der Waals surface area (Å²) in [6.45, 7) is 0. The van der Waals surface area contributed by atoms with Crippen LogP contribution in [0.3, 0.4) is 0 Å². The number of hydrogen-bond acceptors (Lipinski definition) is 0. The molecule has 286 valence electrons. The van der Waals surface area contributed by atoms with Crippen molar-refractivity contribution in [3.8, 4) is 44.5 Å². The highest BCUT2D eigenvalue weighted by atomic mass is 14.3.